The highest BCUT2D eigenvalue weighted by Gasteiger charge is 2.22. The molecule has 0 amide bonds. The molecule has 1 heterocycles. The van der Waals surface area contributed by atoms with Crippen LogP contribution in [0.25, 0.3) is 0 Å². The van der Waals surface area contributed by atoms with E-state index in [1.165, 1.54) is 0 Å². The lowest BCUT2D eigenvalue weighted by Gasteiger charge is -2.10. The Labute approximate surface area is 102 Å². The number of methoxy groups -OCH3 is 1. The van der Waals surface area contributed by atoms with Gasteiger partial charge in [0.15, 0.2) is 0 Å². The van der Waals surface area contributed by atoms with Crippen LogP contribution in [0.4, 0.5) is 13.2 Å². The Morgan fingerprint density at radius 3 is 2.67 bits per heavy atom. The fourth-order valence-corrected chi connectivity index (χ4v) is 1.37. The fourth-order valence-electron chi connectivity index (χ4n) is 1.37. The van der Waals surface area contributed by atoms with Gasteiger partial charge >= 0.3 is 5.97 Å². The van der Waals surface area contributed by atoms with Crippen LogP contribution in [0.15, 0.2) is 6.07 Å². The van der Waals surface area contributed by atoms with Crippen molar-refractivity contribution in [3.63, 3.8) is 0 Å². The summed E-state index contributed by atoms with van der Waals surface area (Å²) in [6, 6.07) is 1.10. The lowest BCUT2D eigenvalue weighted by atomic mass is 10.2. The molecule has 0 aliphatic rings. The van der Waals surface area contributed by atoms with E-state index in [0.717, 1.165) is 13.2 Å². The maximum absolute atomic E-state index is 13.4. The van der Waals surface area contributed by atoms with E-state index in [4.69, 9.17) is 0 Å². The minimum absolute atomic E-state index is 0.0211. The number of hydrogen-bond donors (Lipinski definition) is 0. The van der Waals surface area contributed by atoms with E-state index in [2.05, 4.69) is 14.5 Å². The van der Waals surface area contributed by atoms with E-state index in [0.29, 0.717) is 0 Å². The van der Waals surface area contributed by atoms with Crippen LogP contribution in [0.2, 0.25) is 0 Å². The highest BCUT2D eigenvalue weighted by atomic mass is 19.3. The molecule has 0 radical (unpaired) electrons. The highest BCUT2D eigenvalue weighted by molar-refractivity contribution is 5.72. The molecule has 1 aromatic rings. The Bertz CT molecular complexity index is 438. The summed E-state index contributed by atoms with van der Waals surface area (Å²) in [7, 11) is 1.13. The van der Waals surface area contributed by atoms with E-state index in [9.17, 15) is 18.0 Å². The molecular weight excluding hydrogens is 251 g/mol. The third-order valence-corrected chi connectivity index (χ3v) is 2.10. The number of carbonyl (C=O) groups excluding carboxylic acids is 1. The van der Waals surface area contributed by atoms with Crippen molar-refractivity contribution in [1.29, 1.82) is 0 Å². The van der Waals surface area contributed by atoms with Crippen molar-refractivity contribution in [2.24, 2.45) is 0 Å². The van der Waals surface area contributed by atoms with Crippen molar-refractivity contribution < 1.29 is 27.4 Å². The molecule has 0 spiro atoms. The molecule has 1 rings (SSSR count). The van der Waals surface area contributed by atoms with Gasteiger partial charge in [-0.3, -0.25) is 4.79 Å². The zero-order chi connectivity index (χ0) is 13.7. The molecule has 0 saturated carbocycles. The number of hydrogen-bond acceptors (Lipinski definition) is 4. The molecule has 4 nitrogen and oxygen atoms in total. The van der Waals surface area contributed by atoms with E-state index in [-0.39, 0.29) is 24.5 Å². The largest absolute Gasteiger partial charge is 0.496 e. The Morgan fingerprint density at radius 2 is 2.17 bits per heavy atom. The zero-order valence-corrected chi connectivity index (χ0v) is 9.87. The summed E-state index contributed by atoms with van der Waals surface area (Å²) in [6.45, 7) is 1.79. The molecule has 18 heavy (non-hydrogen) atoms. The monoisotopic (exact) mass is 263 g/mol. The molecular formula is C11H12F3NO3. The summed E-state index contributed by atoms with van der Waals surface area (Å²) >= 11 is 0. The van der Waals surface area contributed by atoms with Crippen molar-refractivity contribution in [1.82, 2.24) is 4.98 Å². The lowest BCUT2D eigenvalue weighted by Crippen LogP contribution is -2.11. The van der Waals surface area contributed by atoms with Gasteiger partial charge in [0.2, 0.25) is 5.95 Å². The molecule has 0 N–H and O–H groups in total. The number of aromatic nitrogens is 1. The first-order valence-corrected chi connectivity index (χ1v) is 5.16. The van der Waals surface area contributed by atoms with Crippen molar-refractivity contribution in [2.45, 2.75) is 19.8 Å². The predicted octanol–water partition coefficient (Wildman–Crippen LogP) is 2.27. The van der Waals surface area contributed by atoms with Gasteiger partial charge in [0, 0.05) is 6.07 Å². The van der Waals surface area contributed by atoms with E-state index in [1.54, 1.807) is 6.92 Å². The van der Waals surface area contributed by atoms with Crippen molar-refractivity contribution in [3.05, 3.63) is 23.3 Å². The number of carbonyl (C=O) groups is 1. The van der Waals surface area contributed by atoms with Crippen LogP contribution in [0.3, 0.4) is 0 Å². The highest BCUT2D eigenvalue weighted by Crippen LogP contribution is 2.31. The third-order valence-electron chi connectivity index (χ3n) is 2.10. The molecule has 0 aromatic carbocycles. The van der Waals surface area contributed by atoms with Gasteiger partial charge < -0.3 is 9.47 Å². The molecule has 1 aromatic heterocycles. The zero-order valence-electron chi connectivity index (χ0n) is 9.87. The van der Waals surface area contributed by atoms with Crippen molar-refractivity contribution in [2.75, 3.05) is 13.7 Å². The van der Waals surface area contributed by atoms with Gasteiger partial charge in [0.25, 0.3) is 6.43 Å². The Balaban J connectivity index is 3.03. The van der Waals surface area contributed by atoms with Crippen LogP contribution in [0.5, 0.6) is 5.75 Å². The summed E-state index contributed by atoms with van der Waals surface area (Å²) in [6.07, 6.45) is -3.34. The Hall–Kier alpha value is -1.79. The molecule has 0 atom stereocenters. The molecule has 0 fully saturated rings. The number of rotatable bonds is 5. The SMILES string of the molecule is CCOC(=O)Cc1cc(OC)c(C(F)F)c(F)n1. The summed E-state index contributed by atoms with van der Waals surface area (Å²) in [5.74, 6) is -2.29. The number of pyridine rings is 1. The standard InChI is InChI=1S/C11H12F3NO3/c1-3-18-8(16)5-6-4-7(17-2)9(10(12)13)11(14)15-6/h4,10H,3,5H2,1-2H3. The van der Waals surface area contributed by atoms with Gasteiger partial charge in [0.1, 0.15) is 11.3 Å². The fraction of sp³-hybridized carbons (Fsp3) is 0.455. The van der Waals surface area contributed by atoms with Gasteiger partial charge in [-0.05, 0) is 6.92 Å². The maximum atomic E-state index is 13.4. The number of alkyl halides is 2. The van der Waals surface area contributed by atoms with Crippen molar-refractivity contribution in [3.8, 4) is 5.75 Å². The number of ether oxygens (including phenoxy) is 2. The lowest BCUT2D eigenvalue weighted by molar-refractivity contribution is -0.142. The molecule has 0 unspecified atom stereocenters. The third kappa shape index (κ3) is 3.35. The molecule has 7 heteroatoms. The summed E-state index contributed by atoms with van der Waals surface area (Å²) < 4.78 is 47.7. The van der Waals surface area contributed by atoms with Crippen LogP contribution in [0, 0.1) is 5.95 Å². The number of esters is 1. The van der Waals surface area contributed by atoms with Crippen LogP contribution >= 0.6 is 0 Å². The van der Waals surface area contributed by atoms with Gasteiger partial charge in [-0.25, -0.2) is 13.8 Å². The van der Waals surface area contributed by atoms with Gasteiger partial charge in [-0.1, -0.05) is 0 Å². The average Bonchev–Trinajstić information content (AvgIpc) is 2.27. The second-order valence-corrected chi connectivity index (χ2v) is 3.30. The molecule has 0 aliphatic heterocycles. The summed E-state index contributed by atoms with van der Waals surface area (Å²) in [5.41, 5.74) is -0.933. The molecule has 0 saturated heterocycles. The Kier molecular flexibility index (Phi) is 4.94. The smallest absolute Gasteiger partial charge is 0.311 e. The second kappa shape index (κ2) is 6.23. The van der Waals surface area contributed by atoms with E-state index < -0.39 is 23.9 Å². The number of halogens is 3. The second-order valence-electron chi connectivity index (χ2n) is 3.30. The van der Waals surface area contributed by atoms with Gasteiger partial charge in [-0.15, -0.1) is 0 Å². The van der Waals surface area contributed by atoms with Crippen molar-refractivity contribution >= 4 is 5.97 Å². The topological polar surface area (TPSA) is 48.4 Å². The predicted molar refractivity (Wildman–Crippen MR) is 56.0 cm³/mol. The van der Waals surface area contributed by atoms with E-state index >= 15 is 0 Å². The quantitative estimate of drug-likeness (QED) is 0.604. The van der Waals surface area contributed by atoms with E-state index in [1.807, 2.05) is 0 Å². The average molecular weight is 263 g/mol. The molecule has 0 bridgehead atoms. The maximum Gasteiger partial charge on any atom is 0.311 e. The summed E-state index contributed by atoms with van der Waals surface area (Å²) in [4.78, 5) is 14.5. The van der Waals surface area contributed by atoms with Crippen LogP contribution in [-0.4, -0.2) is 24.7 Å². The van der Waals surface area contributed by atoms with Gasteiger partial charge in [-0.2, -0.15) is 4.39 Å². The molecule has 0 aliphatic carbocycles. The van der Waals surface area contributed by atoms with Crippen LogP contribution in [0.1, 0.15) is 24.6 Å². The first kappa shape index (κ1) is 14.3. The van der Waals surface area contributed by atoms with Crippen LogP contribution < -0.4 is 4.74 Å². The minimum atomic E-state index is -3.04. The first-order chi connectivity index (χ1) is 8.49. The van der Waals surface area contributed by atoms with Gasteiger partial charge in [0.05, 0.1) is 25.8 Å². The normalized spacial score (nSPS) is 10.6. The summed E-state index contributed by atoms with van der Waals surface area (Å²) in [5, 5.41) is 0. The molecule has 100 valence electrons. The number of nitrogens with zero attached hydrogens (tertiary/aromatic N) is 1. The Morgan fingerprint density at radius 1 is 1.50 bits per heavy atom. The first-order valence-electron chi connectivity index (χ1n) is 5.16. The van der Waals surface area contributed by atoms with Crippen LogP contribution in [-0.2, 0) is 16.0 Å². The minimum Gasteiger partial charge on any atom is -0.496 e.